The van der Waals surface area contributed by atoms with Gasteiger partial charge >= 0.3 is 0 Å². The third-order valence-electron chi connectivity index (χ3n) is 3.55. The molecule has 0 unspecified atom stereocenters. The maximum Gasteiger partial charge on any atom is 0.268 e. The largest absolute Gasteiger partial charge is 0.469 e. The number of aromatic nitrogens is 1. The summed E-state index contributed by atoms with van der Waals surface area (Å²) in [4.78, 5) is 12.5. The van der Waals surface area contributed by atoms with Crippen molar-refractivity contribution in [3.8, 4) is 0 Å². The highest BCUT2D eigenvalue weighted by molar-refractivity contribution is 9.10. The van der Waals surface area contributed by atoms with Crippen LogP contribution in [0.4, 0.5) is 0 Å². The van der Waals surface area contributed by atoms with Crippen molar-refractivity contribution in [1.29, 1.82) is 0 Å². The summed E-state index contributed by atoms with van der Waals surface area (Å²) in [5.41, 5.74) is 2.09. The Hall–Kier alpha value is -1.99. The van der Waals surface area contributed by atoms with Crippen LogP contribution in [0.1, 0.15) is 16.2 Å². The summed E-state index contributed by atoms with van der Waals surface area (Å²) in [7, 11) is 1.63. The molecule has 0 radical (unpaired) electrons. The Bertz CT molecular complexity index is 789. The van der Waals surface area contributed by atoms with Crippen LogP contribution in [0.2, 0.25) is 0 Å². The molecule has 0 aromatic carbocycles. The van der Waals surface area contributed by atoms with Gasteiger partial charge in [0.25, 0.3) is 5.91 Å². The number of carbonyl (C=O) groups is 1. The lowest BCUT2D eigenvalue weighted by Crippen LogP contribution is -2.28. The molecule has 6 nitrogen and oxygen atoms in total. The summed E-state index contributed by atoms with van der Waals surface area (Å²) in [6, 6.07) is 7.32. The minimum Gasteiger partial charge on any atom is -0.469 e. The van der Waals surface area contributed by atoms with Gasteiger partial charge in [-0.2, -0.15) is 0 Å². The van der Waals surface area contributed by atoms with Crippen LogP contribution in [0.15, 0.2) is 44.0 Å². The molecule has 0 aliphatic rings. The summed E-state index contributed by atoms with van der Waals surface area (Å²) in [6.07, 6.45) is 2.28. The highest BCUT2D eigenvalue weighted by Crippen LogP contribution is 2.27. The molecule has 7 heteroatoms. The van der Waals surface area contributed by atoms with Crippen molar-refractivity contribution >= 4 is 32.9 Å². The molecular weight excluding hydrogens is 364 g/mol. The number of furan rings is 2. The summed E-state index contributed by atoms with van der Waals surface area (Å²) in [5.74, 6) is 0.702. The first-order valence-electron chi connectivity index (χ1n) is 7.27. The van der Waals surface area contributed by atoms with Gasteiger partial charge in [-0.25, -0.2) is 0 Å². The second-order valence-corrected chi connectivity index (χ2v) is 5.84. The van der Waals surface area contributed by atoms with Gasteiger partial charge in [0.1, 0.15) is 11.5 Å². The van der Waals surface area contributed by atoms with Crippen molar-refractivity contribution in [2.45, 2.75) is 13.0 Å². The average Bonchev–Trinajstić information content (AvgIpc) is 3.21. The van der Waals surface area contributed by atoms with Gasteiger partial charge in [-0.05, 0) is 28.1 Å². The van der Waals surface area contributed by atoms with E-state index >= 15 is 0 Å². The van der Waals surface area contributed by atoms with Gasteiger partial charge in [-0.15, -0.1) is 0 Å². The van der Waals surface area contributed by atoms with Gasteiger partial charge in [0.05, 0.1) is 18.4 Å². The fraction of sp³-hybridized carbons (Fsp3) is 0.312. The van der Waals surface area contributed by atoms with Crippen molar-refractivity contribution in [3.05, 3.63) is 46.7 Å². The number of fused-ring (bicyclic) bond motifs is 1. The lowest BCUT2D eigenvalue weighted by atomic mass is 10.3. The minimum atomic E-state index is -0.143. The molecule has 0 spiro atoms. The van der Waals surface area contributed by atoms with E-state index in [9.17, 15) is 4.79 Å². The van der Waals surface area contributed by atoms with Crippen molar-refractivity contribution in [3.63, 3.8) is 0 Å². The molecule has 1 N–H and O–H groups in total. The van der Waals surface area contributed by atoms with E-state index in [-0.39, 0.29) is 5.91 Å². The van der Waals surface area contributed by atoms with Gasteiger partial charge in [0, 0.05) is 38.8 Å². The Labute approximate surface area is 141 Å². The van der Waals surface area contributed by atoms with Gasteiger partial charge < -0.3 is 23.5 Å². The third-order valence-corrected chi connectivity index (χ3v) is 3.94. The normalized spacial score (nSPS) is 11.2. The zero-order chi connectivity index (χ0) is 16.2. The lowest BCUT2D eigenvalue weighted by Gasteiger charge is -2.09. The van der Waals surface area contributed by atoms with Crippen LogP contribution in [0, 0.1) is 0 Å². The molecular formula is C16H17BrN2O4. The van der Waals surface area contributed by atoms with E-state index in [1.165, 1.54) is 0 Å². The molecule has 23 heavy (non-hydrogen) atoms. The second-order valence-electron chi connectivity index (χ2n) is 5.06. The highest BCUT2D eigenvalue weighted by Gasteiger charge is 2.18. The Balaban J connectivity index is 1.74. The highest BCUT2D eigenvalue weighted by atomic mass is 79.9. The average molecular weight is 381 g/mol. The molecule has 3 aromatic rings. The number of hydrogen-bond acceptors (Lipinski definition) is 4. The van der Waals surface area contributed by atoms with E-state index in [1.54, 1.807) is 19.4 Å². The molecule has 0 bridgehead atoms. The molecule has 3 rings (SSSR count). The van der Waals surface area contributed by atoms with Gasteiger partial charge in [0.15, 0.2) is 10.3 Å². The summed E-state index contributed by atoms with van der Waals surface area (Å²) >= 11 is 3.31. The van der Waals surface area contributed by atoms with Crippen molar-refractivity contribution < 1.29 is 18.4 Å². The molecule has 0 atom stereocenters. The number of ether oxygens (including phenoxy) is 1. The van der Waals surface area contributed by atoms with E-state index in [1.807, 2.05) is 22.8 Å². The number of carbonyl (C=O) groups excluding carboxylic acids is 1. The van der Waals surface area contributed by atoms with Crippen LogP contribution >= 0.6 is 15.9 Å². The second kappa shape index (κ2) is 7.06. The Morgan fingerprint density at radius 3 is 3.04 bits per heavy atom. The maximum absolute atomic E-state index is 12.5. The number of methoxy groups -OCH3 is 1. The number of nitrogens with one attached hydrogen (secondary N) is 1. The first-order valence-corrected chi connectivity index (χ1v) is 8.06. The molecule has 0 saturated carbocycles. The topological polar surface area (TPSA) is 69.5 Å². The molecule has 0 fully saturated rings. The van der Waals surface area contributed by atoms with Gasteiger partial charge in [0.2, 0.25) is 0 Å². The molecule has 0 saturated heterocycles. The molecule has 0 aliphatic carbocycles. The Kier molecular flexibility index (Phi) is 4.88. The van der Waals surface area contributed by atoms with Crippen LogP contribution in [0.3, 0.4) is 0 Å². The summed E-state index contributed by atoms with van der Waals surface area (Å²) < 4.78 is 18.5. The number of rotatable bonds is 7. The number of amides is 1. The summed E-state index contributed by atoms with van der Waals surface area (Å²) in [6.45, 7) is 1.60. The quantitative estimate of drug-likeness (QED) is 0.683. The van der Waals surface area contributed by atoms with Crippen molar-refractivity contribution in [1.82, 2.24) is 9.88 Å². The maximum atomic E-state index is 12.5. The monoisotopic (exact) mass is 380 g/mol. The predicted octanol–water partition coefficient (Wildman–Crippen LogP) is 3.21. The van der Waals surface area contributed by atoms with Gasteiger partial charge in [-0.1, -0.05) is 0 Å². The third kappa shape index (κ3) is 3.51. The predicted molar refractivity (Wildman–Crippen MR) is 88.5 cm³/mol. The van der Waals surface area contributed by atoms with Crippen LogP contribution in [-0.2, 0) is 17.7 Å². The fourth-order valence-corrected chi connectivity index (χ4v) is 2.86. The number of hydrogen-bond donors (Lipinski definition) is 1. The molecule has 0 aliphatic heterocycles. The van der Waals surface area contributed by atoms with E-state index in [0.29, 0.717) is 42.1 Å². The summed E-state index contributed by atoms with van der Waals surface area (Å²) in [5, 5.41) is 2.91. The van der Waals surface area contributed by atoms with Crippen LogP contribution in [-0.4, -0.2) is 30.7 Å². The van der Waals surface area contributed by atoms with E-state index in [2.05, 4.69) is 21.2 Å². The van der Waals surface area contributed by atoms with Crippen molar-refractivity contribution in [2.24, 2.45) is 0 Å². The first kappa shape index (κ1) is 15.9. The Morgan fingerprint density at radius 1 is 1.43 bits per heavy atom. The molecule has 3 aromatic heterocycles. The van der Waals surface area contributed by atoms with Crippen molar-refractivity contribution in [2.75, 3.05) is 20.3 Å². The smallest absolute Gasteiger partial charge is 0.268 e. The first-order chi connectivity index (χ1) is 11.2. The van der Waals surface area contributed by atoms with Crippen LogP contribution < -0.4 is 5.32 Å². The zero-order valence-corrected chi connectivity index (χ0v) is 14.3. The molecule has 3 heterocycles. The van der Waals surface area contributed by atoms with Crippen LogP contribution in [0.25, 0.3) is 11.1 Å². The minimum absolute atomic E-state index is 0.143. The van der Waals surface area contributed by atoms with E-state index < -0.39 is 0 Å². The van der Waals surface area contributed by atoms with Gasteiger partial charge in [-0.3, -0.25) is 4.79 Å². The standard InChI is InChI=1S/C16H17BrN2O4/c1-21-8-6-19-12-10-15(17)23-14(12)9-13(19)16(20)18-5-4-11-3-2-7-22-11/h2-3,7,9-10H,4-6,8H2,1H3,(H,18,20). The number of halogens is 1. The van der Waals surface area contributed by atoms with Crippen LogP contribution in [0.5, 0.6) is 0 Å². The Morgan fingerprint density at radius 2 is 2.30 bits per heavy atom. The SMILES string of the molecule is COCCn1c(C(=O)NCCc2ccco2)cc2oc(Br)cc21. The fourth-order valence-electron chi connectivity index (χ4n) is 2.47. The van der Waals surface area contributed by atoms with E-state index in [4.69, 9.17) is 13.6 Å². The lowest BCUT2D eigenvalue weighted by molar-refractivity contribution is 0.0942. The molecule has 122 valence electrons. The molecule has 1 amide bonds. The zero-order valence-electron chi connectivity index (χ0n) is 12.7. The number of nitrogens with zero attached hydrogens (tertiary/aromatic N) is 1. The van der Waals surface area contributed by atoms with E-state index in [0.717, 1.165) is 11.3 Å².